The molecule has 0 aliphatic rings. The molecule has 0 radical (unpaired) electrons. The number of thioether (sulfide) groups is 1. The minimum absolute atomic E-state index is 0.765. The van der Waals surface area contributed by atoms with Gasteiger partial charge in [0, 0.05) is 11.4 Å². The van der Waals surface area contributed by atoms with E-state index < -0.39 is 0 Å². The van der Waals surface area contributed by atoms with Crippen LogP contribution in [0, 0.1) is 12.8 Å². The zero-order valence-electron chi connectivity index (χ0n) is 9.21. The van der Waals surface area contributed by atoms with Crippen LogP contribution in [-0.4, -0.2) is 5.75 Å². The van der Waals surface area contributed by atoms with Crippen LogP contribution < -0.4 is 5.73 Å². The van der Waals surface area contributed by atoms with Crippen molar-refractivity contribution >= 4 is 17.4 Å². The standard InChI is InChI=1S/C12H19NS/c1-9(2)7-14-8-11-5-4-6-12(13)10(11)3/h4-6,9H,7-8,13H2,1-3H3. The molecule has 0 unspecified atom stereocenters. The molecular formula is C12H19NS. The molecule has 2 N–H and O–H groups in total. The predicted molar refractivity (Wildman–Crippen MR) is 66.6 cm³/mol. The number of hydrogen-bond donors (Lipinski definition) is 1. The first-order valence-electron chi connectivity index (χ1n) is 5.03. The highest BCUT2D eigenvalue weighted by Gasteiger charge is 2.01. The largest absolute Gasteiger partial charge is 0.399 e. The van der Waals surface area contributed by atoms with E-state index >= 15 is 0 Å². The molecule has 0 fully saturated rings. The number of nitrogen functional groups attached to an aromatic ring is 1. The smallest absolute Gasteiger partial charge is 0.0346 e. The first kappa shape index (κ1) is 11.4. The molecule has 0 aliphatic heterocycles. The van der Waals surface area contributed by atoms with Crippen LogP contribution in [0.2, 0.25) is 0 Å². The SMILES string of the molecule is Cc1c(N)cccc1CSCC(C)C. The van der Waals surface area contributed by atoms with Crippen molar-refractivity contribution in [1.29, 1.82) is 0 Å². The Bertz CT molecular complexity index is 294. The lowest BCUT2D eigenvalue weighted by molar-refractivity contribution is 0.750. The molecule has 78 valence electrons. The van der Waals surface area contributed by atoms with E-state index in [0.717, 1.165) is 17.4 Å². The summed E-state index contributed by atoms with van der Waals surface area (Å²) in [5.41, 5.74) is 9.36. The fraction of sp³-hybridized carbons (Fsp3) is 0.500. The van der Waals surface area contributed by atoms with Crippen molar-refractivity contribution in [2.75, 3.05) is 11.5 Å². The summed E-state index contributed by atoms with van der Waals surface area (Å²) in [4.78, 5) is 0. The van der Waals surface area contributed by atoms with Crippen molar-refractivity contribution in [3.05, 3.63) is 29.3 Å². The third-order valence-corrected chi connectivity index (χ3v) is 3.61. The molecule has 0 saturated carbocycles. The van der Waals surface area contributed by atoms with Gasteiger partial charge in [-0.3, -0.25) is 0 Å². The van der Waals surface area contributed by atoms with E-state index in [1.165, 1.54) is 16.9 Å². The predicted octanol–water partition coefficient (Wildman–Crippen LogP) is 3.47. The molecule has 1 nitrogen and oxygen atoms in total. The van der Waals surface area contributed by atoms with E-state index in [-0.39, 0.29) is 0 Å². The van der Waals surface area contributed by atoms with E-state index in [2.05, 4.69) is 26.8 Å². The van der Waals surface area contributed by atoms with Gasteiger partial charge in [0.25, 0.3) is 0 Å². The molecule has 14 heavy (non-hydrogen) atoms. The molecule has 0 aliphatic carbocycles. The molecule has 1 aromatic rings. The van der Waals surface area contributed by atoms with Crippen molar-refractivity contribution in [2.24, 2.45) is 5.92 Å². The molecule has 1 aromatic carbocycles. The molecule has 0 aromatic heterocycles. The van der Waals surface area contributed by atoms with Gasteiger partial charge in [0.05, 0.1) is 0 Å². The third-order valence-electron chi connectivity index (χ3n) is 2.20. The summed E-state index contributed by atoms with van der Waals surface area (Å²) in [6.45, 7) is 6.60. The quantitative estimate of drug-likeness (QED) is 0.768. The lowest BCUT2D eigenvalue weighted by atomic mass is 10.1. The Morgan fingerprint density at radius 2 is 2.07 bits per heavy atom. The van der Waals surface area contributed by atoms with Crippen LogP contribution in [0.3, 0.4) is 0 Å². The second-order valence-electron chi connectivity index (χ2n) is 4.04. The van der Waals surface area contributed by atoms with E-state index in [1.807, 2.05) is 23.9 Å². The summed E-state index contributed by atoms with van der Waals surface area (Å²) in [5, 5.41) is 0. The summed E-state index contributed by atoms with van der Waals surface area (Å²) < 4.78 is 0. The average molecular weight is 209 g/mol. The molecular weight excluding hydrogens is 190 g/mol. The summed E-state index contributed by atoms with van der Waals surface area (Å²) >= 11 is 1.98. The van der Waals surface area contributed by atoms with Gasteiger partial charge < -0.3 is 5.73 Å². The van der Waals surface area contributed by atoms with Gasteiger partial charge in [0.1, 0.15) is 0 Å². The van der Waals surface area contributed by atoms with E-state index in [0.29, 0.717) is 0 Å². The lowest BCUT2D eigenvalue weighted by Crippen LogP contribution is -1.96. The zero-order chi connectivity index (χ0) is 10.6. The third kappa shape index (κ3) is 3.26. The Morgan fingerprint density at radius 3 is 2.71 bits per heavy atom. The Balaban J connectivity index is 2.54. The lowest BCUT2D eigenvalue weighted by Gasteiger charge is -2.09. The van der Waals surface area contributed by atoms with Crippen LogP contribution >= 0.6 is 11.8 Å². The van der Waals surface area contributed by atoms with Crippen LogP contribution in [0.1, 0.15) is 25.0 Å². The number of rotatable bonds is 4. The fourth-order valence-corrected chi connectivity index (χ4v) is 2.39. The van der Waals surface area contributed by atoms with Gasteiger partial charge in [-0.05, 0) is 35.8 Å². The number of hydrogen-bond acceptors (Lipinski definition) is 2. The molecule has 0 atom stereocenters. The maximum absolute atomic E-state index is 5.84. The molecule has 1 rings (SSSR count). The summed E-state index contributed by atoms with van der Waals surface area (Å²) in [7, 11) is 0. The van der Waals surface area contributed by atoms with Crippen molar-refractivity contribution in [3.63, 3.8) is 0 Å². The Morgan fingerprint density at radius 1 is 1.36 bits per heavy atom. The van der Waals surface area contributed by atoms with Crippen LogP contribution in [0.15, 0.2) is 18.2 Å². The Labute approximate surface area is 91.1 Å². The summed E-state index contributed by atoms with van der Waals surface area (Å²) in [5.74, 6) is 3.06. The first-order valence-corrected chi connectivity index (χ1v) is 6.18. The topological polar surface area (TPSA) is 26.0 Å². The van der Waals surface area contributed by atoms with Crippen LogP contribution in [0.25, 0.3) is 0 Å². The van der Waals surface area contributed by atoms with Crippen molar-refractivity contribution in [2.45, 2.75) is 26.5 Å². The van der Waals surface area contributed by atoms with Gasteiger partial charge in [-0.1, -0.05) is 26.0 Å². The molecule has 0 amide bonds. The summed E-state index contributed by atoms with van der Waals surface area (Å²) in [6.07, 6.45) is 0. The molecule has 0 heterocycles. The fourth-order valence-electron chi connectivity index (χ4n) is 1.26. The highest BCUT2D eigenvalue weighted by Crippen LogP contribution is 2.21. The highest BCUT2D eigenvalue weighted by molar-refractivity contribution is 7.98. The van der Waals surface area contributed by atoms with Crippen molar-refractivity contribution < 1.29 is 0 Å². The van der Waals surface area contributed by atoms with E-state index in [4.69, 9.17) is 5.73 Å². The second-order valence-corrected chi connectivity index (χ2v) is 5.07. The van der Waals surface area contributed by atoms with Gasteiger partial charge in [-0.2, -0.15) is 11.8 Å². The van der Waals surface area contributed by atoms with Crippen molar-refractivity contribution in [3.8, 4) is 0 Å². The zero-order valence-corrected chi connectivity index (χ0v) is 10.0. The summed E-state index contributed by atoms with van der Waals surface area (Å²) in [6, 6.07) is 6.17. The van der Waals surface area contributed by atoms with Crippen LogP contribution in [0.5, 0.6) is 0 Å². The molecule has 0 spiro atoms. The maximum atomic E-state index is 5.84. The maximum Gasteiger partial charge on any atom is 0.0346 e. The van der Waals surface area contributed by atoms with E-state index in [9.17, 15) is 0 Å². The number of anilines is 1. The second kappa shape index (κ2) is 5.30. The van der Waals surface area contributed by atoms with Gasteiger partial charge in [-0.25, -0.2) is 0 Å². The monoisotopic (exact) mass is 209 g/mol. The number of nitrogens with two attached hydrogens (primary N) is 1. The normalized spacial score (nSPS) is 10.9. The molecule has 2 heteroatoms. The van der Waals surface area contributed by atoms with Gasteiger partial charge in [-0.15, -0.1) is 0 Å². The Kier molecular flexibility index (Phi) is 4.33. The number of benzene rings is 1. The van der Waals surface area contributed by atoms with Crippen molar-refractivity contribution in [1.82, 2.24) is 0 Å². The Hall–Kier alpha value is -0.630. The minimum atomic E-state index is 0.765. The van der Waals surface area contributed by atoms with Crippen LogP contribution in [0.4, 0.5) is 5.69 Å². The van der Waals surface area contributed by atoms with Gasteiger partial charge >= 0.3 is 0 Å². The van der Waals surface area contributed by atoms with Gasteiger partial charge in [0.2, 0.25) is 0 Å². The molecule has 0 bridgehead atoms. The van der Waals surface area contributed by atoms with E-state index in [1.54, 1.807) is 0 Å². The van der Waals surface area contributed by atoms with Gasteiger partial charge in [0.15, 0.2) is 0 Å². The van der Waals surface area contributed by atoms with Crippen LogP contribution in [-0.2, 0) is 5.75 Å². The average Bonchev–Trinajstić information content (AvgIpc) is 2.12. The minimum Gasteiger partial charge on any atom is -0.399 e. The highest BCUT2D eigenvalue weighted by atomic mass is 32.2. The first-order chi connectivity index (χ1) is 6.61. The molecule has 0 saturated heterocycles.